The van der Waals surface area contributed by atoms with E-state index < -0.39 is 5.54 Å². The van der Waals surface area contributed by atoms with Crippen molar-refractivity contribution in [1.82, 2.24) is 10.6 Å². The van der Waals surface area contributed by atoms with E-state index in [1.165, 1.54) is 0 Å². The van der Waals surface area contributed by atoms with Gasteiger partial charge < -0.3 is 10.6 Å². The summed E-state index contributed by atoms with van der Waals surface area (Å²) in [6.07, 6.45) is 5.98. The molecular formula is C10H18N2O. The minimum Gasteiger partial charge on any atom is -0.341 e. The van der Waals surface area contributed by atoms with Crippen LogP contribution in [0, 0.1) is 12.3 Å². The fraction of sp³-hybridized carbons (Fsp3) is 0.700. The highest BCUT2D eigenvalue weighted by Gasteiger charge is 2.26. The molecule has 1 unspecified atom stereocenters. The molecule has 13 heavy (non-hydrogen) atoms. The standard InChI is InChI=1S/C10H18N2O/c1-6-8(7-2)12-9(13)10(3,4)11-5/h1,8,11H,7H2,2-5H3,(H,12,13). The highest BCUT2D eigenvalue weighted by atomic mass is 16.2. The second kappa shape index (κ2) is 4.88. The summed E-state index contributed by atoms with van der Waals surface area (Å²) in [5.41, 5.74) is -0.565. The SMILES string of the molecule is C#CC(CC)NC(=O)C(C)(C)NC. The molecule has 0 rings (SSSR count). The van der Waals surface area contributed by atoms with Crippen molar-refractivity contribution in [1.29, 1.82) is 0 Å². The Morgan fingerprint density at radius 3 is 2.46 bits per heavy atom. The monoisotopic (exact) mass is 182 g/mol. The zero-order valence-corrected chi connectivity index (χ0v) is 8.77. The molecule has 1 atom stereocenters. The molecule has 0 aromatic heterocycles. The largest absolute Gasteiger partial charge is 0.341 e. The number of amides is 1. The van der Waals surface area contributed by atoms with Crippen LogP contribution in [0.1, 0.15) is 27.2 Å². The van der Waals surface area contributed by atoms with E-state index in [-0.39, 0.29) is 11.9 Å². The molecule has 0 aromatic carbocycles. The van der Waals surface area contributed by atoms with Gasteiger partial charge in [0.2, 0.25) is 5.91 Å². The molecule has 1 amide bonds. The van der Waals surface area contributed by atoms with Crippen LogP contribution >= 0.6 is 0 Å². The minimum absolute atomic E-state index is 0.0696. The number of hydrogen-bond donors (Lipinski definition) is 2. The Morgan fingerprint density at radius 2 is 2.15 bits per heavy atom. The molecule has 0 aliphatic rings. The Morgan fingerprint density at radius 1 is 1.62 bits per heavy atom. The topological polar surface area (TPSA) is 41.1 Å². The summed E-state index contributed by atoms with van der Waals surface area (Å²) in [6.45, 7) is 5.56. The molecule has 0 saturated heterocycles. The molecule has 0 spiro atoms. The quantitative estimate of drug-likeness (QED) is 0.622. The van der Waals surface area contributed by atoms with Gasteiger partial charge in [-0.3, -0.25) is 4.79 Å². The summed E-state index contributed by atoms with van der Waals surface area (Å²) in [5, 5.41) is 5.68. The average Bonchev–Trinajstić information content (AvgIpc) is 2.13. The molecule has 3 nitrogen and oxygen atoms in total. The van der Waals surface area contributed by atoms with Crippen LogP contribution < -0.4 is 10.6 Å². The van der Waals surface area contributed by atoms with E-state index in [9.17, 15) is 4.79 Å². The first kappa shape index (κ1) is 12.0. The van der Waals surface area contributed by atoms with Crippen molar-refractivity contribution in [3.8, 4) is 12.3 Å². The van der Waals surface area contributed by atoms with Crippen LogP contribution in [0.5, 0.6) is 0 Å². The Bertz CT molecular complexity index is 215. The van der Waals surface area contributed by atoms with Crippen molar-refractivity contribution >= 4 is 5.91 Å². The second-order valence-corrected chi connectivity index (χ2v) is 3.48. The number of nitrogens with one attached hydrogen (secondary N) is 2. The van der Waals surface area contributed by atoms with Gasteiger partial charge >= 0.3 is 0 Å². The average molecular weight is 182 g/mol. The summed E-state index contributed by atoms with van der Waals surface area (Å²) in [4.78, 5) is 11.6. The predicted molar refractivity (Wildman–Crippen MR) is 54.2 cm³/mol. The van der Waals surface area contributed by atoms with Crippen LogP contribution in [0.3, 0.4) is 0 Å². The van der Waals surface area contributed by atoms with Crippen molar-refractivity contribution in [3.63, 3.8) is 0 Å². The lowest BCUT2D eigenvalue weighted by Crippen LogP contribution is -2.53. The molecule has 0 fully saturated rings. The van der Waals surface area contributed by atoms with Gasteiger partial charge in [0, 0.05) is 0 Å². The fourth-order valence-electron chi connectivity index (χ4n) is 0.714. The van der Waals surface area contributed by atoms with E-state index in [2.05, 4.69) is 16.6 Å². The Balaban J connectivity index is 4.23. The van der Waals surface area contributed by atoms with Gasteiger partial charge in [-0.05, 0) is 27.3 Å². The molecule has 0 radical (unpaired) electrons. The first-order valence-corrected chi connectivity index (χ1v) is 4.44. The third kappa shape index (κ3) is 3.47. The molecule has 0 aliphatic heterocycles. The Labute approximate surface area is 80.3 Å². The van der Waals surface area contributed by atoms with Gasteiger partial charge in [0.25, 0.3) is 0 Å². The summed E-state index contributed by atoms with van der Waals surface area (Å²) in [7, 11) is 1.75. The number of carbonyl (C=O) groups excluding carboxylic acids is 1. The van der Waals surface area contributed by atoms with Gasteiger partial charge in [-0.25, -0.2) is 0 Å². The van der Waals surface area contributed by atoms with Gasteiger partial charge in [-0.2, -0.15) is 0 Å². The van der Waals surface area contributed by atoms with Crippen LogP contribution in [0.4, 0.5) is 0 Å². The molecule has 0 aromatic rings. The Kier molecular flexibility index (Phi) is 4.50. The van der Waals surface area contributed by atoms with Crippen molar-refractivity contribution in [2.45, 2.75) is 38.8 Å². The van der Waals surface area contributed by atoms with Gasteiger partial charge in [-0.15, -0.1) is 6.42 Å². The summed E-state index contributed by atoms with van der Waals surface area (Å²) in [5.74, 6) is 2.45. The van der Waals surface area contributed by atoms with Crippen molar-refractivity contribution in [3.05, 3.63) is 0 Å². The van der Waals surface area contributed by atoms with E-state index in [1.54, 1.807) is 7.05 Å². The van der Waals surface area contributed by atoms with E-state index in [4.69, 9.17) is 6.42 Å². The van der Waals surface area contributed by atoms with Crippen molar-refractivity contribution < 1.29 is 4.79 Å². The molecule has 74 valence electrons. The van der Waals surface area contributed by atoms with Gasteiger partial charge in [0.05, 0.1) is 11.6 Å². The van der Waals surface area contributed by atoms with E-state index in [1.807, 2.05) is 20.8 Å². The van der Waals surface area contributed by atoms with Gasteiger partial charge in [0.15, 0.2) is 0 Å². The molecule has 3 heteroatoms. The third-order valence-electron chi connectivity index (χ3n) is 2.11. The summed E-state index contributed by atoms with van der Waals surface area (Å²) >= 11 is 0. The maximum atomic E-state index is 11.6. The third-order valence-corrected chi connectivity index (χ3v) is 2.11. The fourth-order valence-corrected chi connectivity index (χ4v) is 0.714. The molecule has 0 saturated carbocycles. The van der Waals surface area contributed by atoms with Crippen LogP contribution in [-0.4, -0.2) is 24.5 Å². The summed E-state index contributed by atoms with van der Waals surface area (Å²) < 4.78 is 0. The number of terminal acetylenes is 1. The smallest absolute Gasteiger partial charge is 0.240 e. The van der Waals surface area contributed by atoms with Crippen LogP contribution in [-0.2, 0) is 4.79 Å². The van der Waals surface area contributed by atoms with Gasteiger partial charge in [-0.1, -0.05) is 12.8 Å². The number of hydrogen-bond acceptors (Lipinski definition) is 2. The molecule has 0 aliphatic carbocycles. The van der Waals surface area contributed by atoms with Crippen LogP contribution in [0.25, 0.3) is 0 Å². The highest BCUT2D eigenvalue weighted by molar-refractivity contribution is 5.85. The first-order valence-electron chi connectivity index (χ1n) is 4.44. The van der Waals surface area contributed by atoms with Crippen molar-refractivity contribution in [2.75, 3.05) is 7.05 Å². The predicted octanol–water partition coefficient (Wildman–Crippen LogP) is 0.512. The maximum absolute atomic E-state index is 11.6. The Hall–Kier alpha value is -1.01. The van der Waals surface area contributed by atoms with Crippen LogP contribution in [0.15, 0.2) is 0 Å². The minimum atomic E-state index is -0.565. The maximum Gasteiger partial charge on any atom is 0.240 e. The summed E-state index contributed by atoms with van der Waals surface area (Å²) in [6, 6.07) is -0.167. The van der Waals surface area contributed by atoms with Crippen molar-refractivity contribution in [2.24, 2.45) is 0 Å². The zero-order valence-electron chi connectivity index (χ0n) is 8.77. The van der Waals surface area contributed by atoms with E-state index >= 15 is 0 Å². The molecular weight excluding hydrogens is 164 g/mol. The first-order chi connectivity index (χ1) is 5.97. The molecule has 0 bridgehead atoms. The molecule has 0 heterocycles. The lowest BCUT2D eigenvalue weighted by Gasteiger charge is -2.24. The lowest BCUT2D eigenvalue weighted by molar-refractivity contribution is -0.126. The number of carbonyl (C=O) groups is 1. The zero-order chi connectivity index (χ0) is 10.5. The van der Waals surface area contributed by atoms with E-state index in [0.717, 1.165) is 6.42 Å². The molecule has 2 N–H and O–H groups in total. The van der Waals surface area contributed by atoms with E-state index in [0.29, 0.717) is 0 Å². The van der Waals surface area contributed by atoms with Gasteiger partial charge in [0.1, 0.15) is 0 Å². The normalized spacial score (nSPS) is 13.2. The number of rotatable bonds is 4. The number of likely N-dealkylation sites (N-methyl/N-ethyl adjacent to an activating group) is 1. The van der Waals surface area contributed by atoms with Crippen LogP contribution in [0.2, 0.25) is 0 Å². The second-order valence-electron chi connectivity index (χ2n) is 3.48. The highest BCUT2D eigenvalue weighted by Crippen LogP contribution is 2.01. The lowest BCUT2D eigenvalue weighted by atomic mass is 10.0.